The minimum absolute atomic E-state index is 0.165. The highest BCUT2D eigenvalue weighted by Gasteiger charge is 2.62. The molecule has 5 heterocycles. The Hall–Kier alpha value is -3.82. The molecule has 4 aliphatic rings. The maximum atomic E-state index is 18.1. The maximum Gasteiger partial charge on any atom is 0.410 e. The fourth-order valence-corrected chi connectivity index (χ4v) is 10.0. The predicted molar refractivity (Wildman–Crippen MR) is 217 cm³/mol. The number of nitrogens with zero attached hydrogens (tertiary/aromatic N) is 4. The molecule has 14 atom stereocenters. The Kier molecular flexibility index (Phi) is 13.1. The number of hydrogen-bond donors (Lipinski definition) is 1. The Morgan fingerprint density at radius 1 is 1.07 bits per heavy atom. The lowest BCUT2D eigenvalue weighted by molar-refractivity contribution is -0.281. The third-order valence-electron chi connectivity index (χ3n) is 13.1. The van der Waals surface area contributed by atoms with Gasteiger partial charge in [0.05, 0.1) is 36.4 Å². The normalized spacial score (nSPS) is 39.0. The average molecular weight is 809 g/mol. The van der Waals surface area contributed by atoms with Gasteiger partial charge in [0.15, 0.2) is 17.7 Å². The maximum absolute atomic E-state index is 18.1. The number of methoxy groups -OCH3 is 1. The number of cyclic esters (lactones) is 1. The Labute approximate surface area is 341 Å². The fourth-order valence-electron chi connectivity index (χ4n) is 10.0. The number of aliphatic hydroxyl groups is 1. The van der Waals surface area contributed by atoms with Gasteiger partial charge in [0.25, 0.3) is 5.67 Å². The number of Topliss-reactive ketones (excluding diaryl/α,β-unsaturated/α-hetero) is 1. The second-order valence-corrected chi connectivity index (χ2v) is 17.1. The lowest BCUT2D eigenvalue weighted by atomic mass is 9.72. The number of ketones is 1. The van der Waals surface area contributed by atoms with Crippen LogP contribution in [0, 0.1) is 23.7 Å². The number of carbonyl (C=O) groups excluding carboxylic acids is 3. The number of allylic oxidation sites excluding steroid dienone is 1. The van der Waals surface area contributed by atoms with Crippen molar-refractivity contribution in [3.05, 3.63) is 48.2 Å². The lowest BCUT2D eigenvalue weighted by Gasteiger charge is -2.46. The van der Waals surface area contributed by atoms with Gasteiger partial charge in [-0.2, -0.15) is 0 Å². The monoisotopic (exact) mass is 808 g/mol. The summed E-state index contributed by atoms with van der Waals surface area (Å²) in [6, 6.07) is 8.49. The highest BCUT2D eigenvalue weighted by Crippen LogP contribution is 2.44. The first-order valence-corrected chi connectivity index (χ1v) is 20.6. The van der Waals surface area contributed by atoms with E-state index in [1.807, 2.05) is 77.0 Å². The Bertz CT molecular complexity index is 1890. The van der Waals surface area contributed by atoms with Crippen molar-refractivity contribution in [2.75, 3.05) is 34.3 Å². The summed E-state index contributed by atoms with van der Waals surface area (Å²) in [6.45, 7) is 13.3. The van der Waals surface area contributed by atoms with Gasteiger partial charge >= 0.3 is 12.1 Å². The van der Waals surface area contributed by atoms with E-state index in [-0.39, 0.29) is 31.0 Å². The van der Waals surface area contributed by atoms with Crippen LogP contribution < -0.4 is 0 Å². The average Bonchev–Trinajstić information content (AvgIpc) is 3.32. The largest absolute Gasteiger partial charge is 0.455 e. The number of rotatable bonds is 8. The first-order valence-electron chi connectivity index (χ1n) is 20.6. The van der Waals surface area contributed by atoms with Crippen molar-refractivity contribution in [3.63, 3.8) is 0 Å². The molecule has 0 saturated carbocycles. The van der Waals surface area contributed by atoms with Crippen molar-refractivity contribution in [1.29, 1.82) is 0 Å². The van der Waals surface area contributed by atoms with E-state index >= 15 is 4.39 Å². The summed E-state index contributed by atoms with van der Waals surface area (Å²) in [4.78, 5) is 56.1. The molecule has 3 fully saturated rings. The Balaban J connectivity index is 1.46. The molecular formula is C44H61FN4O9. The summed E-state index contributed by atoms with van der Waals surface area (Å²) in [6.07, 6.45) is -1.31. The standard InChI is InChI=1S/C44H61FN4O9/c1-11-33-43(7)38-26(4)34(46-19-20-49(38)42(53)58-43)25(3)36(54-10)27(5)37(57-40-35(50)32(48(8)9)21-24(2)55-40)28(6)39(51)44(45,41(52)56-33)18-14-15-29-22-30-16-12-13-17-31(30)47-23-29/h12-17,22-28,32-33,35-38,40,50H,11,18-21H2,1-10H3/b15-14+/t24-,25+,26-,27-,28-,32+,33+,35-,36-,37+,38?,40+,43-,44?/m1/s1. The van der Waals surface area contributed by atoms with Crippen LogP contribution in [0.4, 0.5) is 9.18 Å². The summed E-state index contributed by atoms with van der Waals surface area (Å²) >= 11 is 0. The number of halogens is 1. The number of carbonyl (C=O) groups is 3. The van der Waals surface area contributed by atoms with Crippen LogP contribution in [0.25, 0.3) is 17.0 Å². The van der Waals surface area contributed by atoms with Crippen LogP contribution in [0.1, 0.15) is 73.3 Å². The van der Waals surface area contributed by atoms with Crippen LogP contribution in [-0.4, -0.2) is 138 Å². The van der Waals surface area contributed by atoms with E-state index < -0.39 is 90.0 Å². The molecule has 0 radical (unpaired) electrons. The molecule has 1 aromatic heterocycles. The Morgan fingerprint density at radius 3 is 2.48 bits per heavy atom. The van der Waals surface area contributed by atoms with Crippen molar-refractivity contribution in [2.24, 2.45) is 28.7 Å². The molecule has 14 heteroatoms. The molecule has 1 N–H and O–H groups in total. The van der Waals surface area contributed by atoms with E-state index in [4.69, 9.17) is 28.7 Å². The van der Waals surface area contributed by atoms with Crippen molar-refractivity contribution in [1.82, 2.24) is 14.8 Å². The number of aromatic nitrogens is 1. The number of para-hydroxylation sites is 1. The van der Waals surface area contributed by atoms with Gasteiger partial charge in [-0.05, 0) is 58.5 Å². The van der Waals surface area contributed by atoms with Crippen molar-refractivity contribution < 1.29 is 47.6 Å². The highest BCUT2D eigenvalue weighted by molar-refractivity contribution is 6.08. The number of fused-ring (bicyclic) bond motifs is 2. The molecule has 1 aromatic carbocycles. The van der Waals surface area contributed by atoms with Gasteiger partial charge in [0.2, 0.25) is 0 Å². The molecule has 2 unspecified atom stereocenters. The molecule has 58 heavy (non-hydrogen) atoms. The molecule has 1 amide bonds. The second kappa shape index (κ2) is 17.4. The third kappa shape index (κ3) is 8.07. The van der Waals surface area contributed by atoms with E-state index in [0.29, 0.717) is 18.5 Å². The van der Waals surface area contributed by atoms with Gasteiger partial charge in [0.1, 0.15) is 12.2 Å². The van der Waals surface area contributed by atoms with Gasteiger partial charge in [0, 0.05) is 67.1 Å². The van der Waals surface area contributed by atoms with Gasteiger partial charge < -0.3 is 33.7 Å². The van der Waals surface area contributed by atoms with Gasteiger partial charge in [-0.15, -0.1) is 0 Å². The first kappa shape index (κ1) is 43.8. The summed E-state index contributed by atoms with van der Waals surface area (Å²) in [5, 5.41) is 12.5. The number of likely N-dealkylation sites (N-methyl/N-ethyl adjacent to an activating group) is 1. The minimum atomic E-state index is -3.21. The SMILES string of the molecule is CC[C@@H]1OC(=O)C(F)(C/C=C/c2cnc3ccccc3c2)C(=O)[C@H](C)[C@@H](O[C@@H]2O[C@H](C)C[C@H](N(C)C)[C@H]2O)[C@H](C)[C@H](OC)[C@@H](C)C2=NCCN3C(=O)O[C@@]1(C)C3[C@@H]2C. The fraction of sp³-hybridized carbons (Fsp3) is 0.659. The number of ether oxygens (including phenoxy) is 5. The number of alkyl halides is 1. The number of hydrogen-bond acceptors (Lipinski definition) is 12. The smallest absolute Gasteiger partial charge is 0.410 e. The predicted octanol–water partition coefficient (Wildman–Crippen LogP) is 5.66. The van der Waals surface area contributed by atoms with Gasteiger partial charge in [-0.25, -0.2) is 14.0 Å². The molecule has 0 aliphatic carbocycles. The first-order chi connectivity index (χ1) is 27.5. The van der Waals surface area contributed by atoms with E-state index in [0.717, 1.165) is 16.6 Å². The summed E-state index contributed by atoms with van der Waals surface area (Å²) < 4.78 is 49.4. The summed E-state index contributed by atoms with van der Waals surface area (Å²) in [7, 11) is 5.29. The third-order valence-corrected chi connectivity index (χ3v) is 13.1. The zero-order chi connectivity index (χ0) is 42.3. The van der Waals surface area contributed by atoms with E-state index in [1.54, 1.807) is 38.1 Å². The molecule has 318 valence electrons. The van der Waals surface area contributed by atoms with Crippen LogP contribution in [0.3, 0.4) is 0 Å². The number of esters is 1. The highest BCUT2D eigenvalue weighted by atomic mass is 19.1. The Morgan fingerprint density at radius 2 is 1.79 bits per heavy atom. The topological polar surface area (TPSA) is 149 Å². The zero-order valence-electron chi connectivity index (χ0n) is 35.5. The molecule has 6 rings (SSSR count). The van der Waals surface area contributed by atoms with E-state index in [9.17, 15) is 19.5 Å². The zero-order valence-corrected chi connectivity index (χ0v) is 35.5. The molecule has 4 aliphatic heterocycles. The second-order valence-electron chi connectivity index (χ2n) is 17.1. The number of benzene rings is 1. The van der Waals surface area contributed by atoms with Crippen LogP contribution in [0.15, 0.2) is 47.6 Å². The quantitative estimate of drug-likeness (QED) is 0.260. The van der Waals surface area contributed by atoms with E-state index in [1.165, 1.54) is 13.0 Å². The van der Waals surface area contributed by atoms with Gasteiger partial charge in [-0.1, -0.05) is 65.0 Å². The van der Waals surface area contributed by atoms with Crippen LogP contribution in [0.2, 0.25) is 0 Å². The molecule has 0 spiro atoms. The number of aliphatic imine (C=N–C) groups is 1. The molecular weight excluding hydrogens is 748 g/mol. The number of pyridine rings is 1. The summed E-state index contributed by atoms with van der Waals surface area (Å²) in [5.74, 6) is -5.15. The van der Waals surface area contributed by atoms with Crippen molar-refractivity contribution in [3.8, 4) is 0 Å². The van der Waals surface area contributed by atoms with Crippen LogP contribution >= 0.6 is 0 Å². The number of amides is 1. The number of aliphatic hydroxyl groups excluding tert-OH is 1. The molecule has 13 nitrogen and oxygen atoms in total. The van der Waals surface area contributed by atoms with Crippen LogP contribution in [0.5, 0.6) is 0 Å². The molecule has 2 bridgehead atoms. The molecule has 2 aromatic rings. The molecule has 3 saturated heterocycles. The van der Waals surface area contributed by atoms with Gasteiger partial charge in [-0.3, -0.25) is 19.7 Å². The van der Waals surface area contributed by atoms with Crippen molar-refractivity contribution >= 4 is 40.5 Å². The van der Waals surface area contributed by atoms with Crippen molar-refractivity contribution in [2.45, 2.75) is 128 Å². The minimum Gasteiger partial charge on any atom is -0.455 e. The van der Waals surface area contributed by atoms with E-state index in [2.05, 4.69) is 4.98 Å². The summed E-state index contributed by atoms with van der Waals surface area (Å²) in [5.41, 5.74) is -2.41. The van der Waals surface area contributed by atoms with Crippen LogP contribution in [-0.2, 0) is 33.3 Å². The lowest BCUT2D eigenvalue weighted by Crippen LogP contribution is -2.60.